The first kappa shape index (κ1) is 9.73. The number of thiophene rings is 1. The molecular formula is C6H2BrF3OS. The third-order valence-electron chi connectivity index (χ3n) is 1.13. The molecule has 1 aromatic rings. The summed E-state index contributed by atoms with van der Waals surface area (Å²) in [6, 6.07) is 0.821. The van der Waals surface area contributed by atoms with Gasteiger partial charge in [0.25, 0.3) is 0 Å². The van der Waals surface area contributed by atoms with Crippen molar-refractivity contribution in [3.05, 3.63) is 20.3 Å². The van der Waals surface area contributed by atoms with Crippen LogP contribution in [0.3, 0.4) is 0 Å². The first-order valence-corrected chi connectivity index (χ1v) is 4.38. The average molecular weight is 259 g/mol. The van der Waals surface area contributed by atoms with Gasteiger partial charge in [-0.05, 0) is 22.0 Å². The first-order chi connectivity index (χ1) is 5.45. The van der Waals surface area contributed by atoms with E-state index in [0.29, 0.717) is 6.29 Å². The molecule has 0 amide bonds. The molecule has 0 aliphatic carbocycles. The third kappa shape index (κ3) is 1.87. The van der Waals surface area contributed by atoms with Crippen LogP contribution in [0.25, 0.3) is 0 Å². The molecule has 0 fully saturated rings. The number of hydrogen-bond acceptors (Lipinski definition) is 2. The number of alkyl halides is 3. The maximum atomic E-state index is 12.1. The zero-order chi connectivity index (χ0) is 9.35. The van der Waals surface area contributed by atoms with Crippen molar-refractivity contribution in [2.24, 2.45) is 0 Å². The van der Waals surface area contributed by atoms with Crippen molar-refractivity contribution in [3.63, 3.8) is 0 Å². The number of rotatable bonds is 1. The number of carbonyl (C=O) groups excluding carboxylic acids is 1. The molecule has 1 rings (SSSR count). The third-order valence-corrected chi connectivity index (χ3v) is 2.89. The second kappa shape index (κ2) is 3.18. The van der Waals surface area contributed by atoms with E-state index in [1.54, 1.807) is 0 Å². The minimum Gasteiger partial charge on any atom is -0.297 e. The summed E-state index contributed by atoms with van der Waals surface area (Å²) in [6.07, 6.45) is -4.00. The summed E-state index contributed by atoms with van der Waals surface area (Å²) in [5.74, 6) is 0. The predicted octanol–water partition coefficient (Wildman–Crippen LogP) is 3.34. The molecule has 0 atom stereocenters. The summed E-state index contributed by atoms with van der Waals surface area (Å²) in [6.45, 7) is 0. The van der Waals surface area contributed by atoms with Crippen LogP contribution in [0.5, 0.6) is 0 Å². The van der Waals surface area contributed by atoms with Gasteiger partial charge in [0.1, 0.15) is 0 Å². The van der Waals surface area contributed by atoms with Gasteiger partial charge < -0.3 is 0 Å². The van der Waals surface area contributed by atoms with Gasteiger partial charge in [-0.25, -0.2) is 0 Å². The molecule has 0 bridgehead atoms. The number of aldehydes is 1. The summed E-state index contributed by atoms with van der Waals surface area (Å²) < 4.78 is 36.1. The van der Waals surface area contributed by atoms with E-state index in [0.717, 1.165) is 17.4 Å². The first-order valence-electron chi connectivity index (χ1n) is 2.77. The monoisotopic (exact) mass is 258 g/mol. The Morgan fingerprint density at radius 2 is 2.08 bits per heavy atom. The molecule has 0 aromatic carbocycles. The minimum absolute atomic E-state index is 0.0582. The van der Waals surface area contributed by atoms with Crippen molar-refractivity contribution in [1.29, 1.82) is 0 Å². The highest BCUT2D eigenvalue weighted by atomic mass is 79.9. The molecule has 12 heavy (non-hydrogen) atoms. The van der Waals surface area contributed by atoms with Crippen LogP contribution in [-0.2, 0) is 6.18 Å². The second-order valence-electron chi connectivity index (χ2n) is 1.95. The molecular weight excluding hydrogens is 257 g/mol. The molecule has 0 spiro atoms. The quantitative estimate of drug-likeness (QED) is 0.707. The molecule has 0 unspecified atom stereocenters. The van der Waals surface area contributed by atoms with Crippen LogP contribution in [0.15, 0.2) is 9.85 Å². The van der Waals surface area contributed by atoms with E-state index in [1.807, 2.05) is 0 Å². The topological polar surface area (TPSA) is 17.1 Å². The van der Waals surface area contributed by atoms with Crippen LogP contribution in [0.2, 0.25) is 0 Å². The van der Waals surface area contributed by atoms with E-state index < -0.39 is 11.7 Å². The molecule has 1 aromatic heterocycles. The Kier molecular flexibility index (Phi) is 2.58. The summed E-state index contributed by atoms with van der Waals surface area (Å²) in [5, 5.41) is 0. The van der Waals surface area contributed by atoms with Crippen molar-refractivity contribution < 1.29 is 18.0 Å². The molecule has 0 radical (unpaired) electrons. The molecule has 66 valence electrons. The smallest absolute Gasteiger partial charge is 0.297 e. The lowest BCUT2D eigenvalue weighted by Crippen LogP contribution is -2.03. The molecule has 0 aliphatic heterocycles. The van der Waals surface area contributed by atoms with Gasteiger partial charge in [0.05, 0.1) is 14.2 Å². The molecule has 0 saturated heterocycles. The number of halogens is 4. The maximum Gasteiger partial charge on any atom is 0.418 e. The molecule has 0 saturated carbocycles. The molecule has 6 heteroatoms. The van der Waals surface area contributed by atoms with Crippen molar-refractivity contribution in [2.75, 3.05) is 0 Å². The number of hydrogen-bond donors (Lipinski definition) is 0. The largest absolute Gasteiger partial charge is 0.418 e. The Balaban J connectivity index is 3.16. The van der Waals surface area contributed by atoms with Gasteiger partial charge in [-0.3, -0.25) is 4.79 Å². The zero-order valence-electron chi connectivity index (χ0n) is 5.48. The van der Waals surface area contributed by atoms with Crippen molar-refractivity contribution in [2.45, 2.75) is 6.18 Å². The SMILES string of the molecule is O=Cc1cc(C(F)(F)F)c(Br)s1. The van der Waals surface area contributed by atoms with Crippen LogP contribution in [0.1, 0.15) is 15.2 Å². The number of carbonyl (C=O) groups is 1. The average Bonchev–Trinajstić information content (AvgIpc) is 2.29. The standard InChI is InChI=1S/C6H2BrF3OS/c7-5-4(6(8,9)10)1-3(2-11)12-5/h1-2H. The molecule has 1 nitrogen and oxygen atoms in total. The summed E-state index contributed by atoms with van der Waals surface area (Å²) in [7, 11) is 0. The van der Waals surface area contributed by atoms with Gasteiger partial charge >= 0.3 is 6.18 Å². The Labute approximate surface area is 78.3 Å². The van der Waals surface area contributed by atoms with Crippen molar-refractivity contribution >= 4 is 33.6 Å². The van der Waals surface area contributed by atoms with E-state index >= 15 is 0 Å². The zero-order valence-corrected chi connectivity index (χ0v) is 7.89. The minimum atomic E-state index is -4.39. The van der Waals surface area contributed by atoms with Crippen molar-refractivity contribution in [1.82, 2.24) is 0 Å². The lowest BCUT2D eigenvalue weighted by Gasteiger charge is -2.02. The van der Waals surface area contributed by atoms with E-state index in [2.05, 4.69) is 15.9 Å². The summed E-state index contributed by atoms with van der Waals surface area (Å²) in [4.78, 5) is 10.2. The van der Waals surface area contributed by atoms with Gasteiger partial charge in [-0.15, -0.1) is 11.3 Å². The lowest BCUT2D eigenvalue weighted by atomic mass is 10.3. The molecule has 0 N–H and O–H groups in total. The molecule has 1 heterocycles. The van der Waals surface area contributed by atoms with Crippen LogP contribution < -0.4 is 0 Å². The Morgan fingerprint density at radius 3 is 2.33 bits per heavy atom. The van der Waals surface area contributed by atoms with Gasteiger partial charge in [-0.2, -0.15) is 13.2 Å². The van der Waals surface area contributed by atoms with Gasteiger partial charge in [0.15, 0.2) is 6.29 Å². The van der Waals surface area contributed by atoms with E-state index in [-0.39, 0.29) is 8.66 Å². The van der Waals surface area contributed by atoms with E-state index in [9.17, 15) is 18.0 Å². The fourth-order valence-electron chi connectivity index (χ4n) is 0.638. The Morgan fingerprint density at radius 1 is 1.50 bits per heavy atom. The predicted molar refractivity (Wildman–Crippen MR) is 42.4 cm³/mol. The van der Waals surface area contributed by atoms with E-state index in [4.69, 9.17) is 0 Å². The molecule has 0 aliphatic rings. The highest BCUT2D eigenvalue weighted by Crippen LogP contribution is 2.39. The van der Waals surface area contributed by atoms with Crippen LogP contribution >= 0.6 is 27.3 Å². The lowest BCUT2D eigenvalue weighted by molar-refractivity contribution is -0.137. The summed E-state index contributed by atoms with van der Waals surface area (Å²) >= 11 is 3.50. The Hall–Kier alpha value is -0.360. The normalized spacial score (nSPS) is 11.7. The van der Waals surface area contributed by atoms with Crippen LogP contribution in [0.4, 0.5) is 13.2 Å². The van der Waals surface area contributed by atoms with Crippen LogP contribution in [-0.4, -0.2) is 6.29 Å². The summed E-state index contributed by atoms with van der Waals surface area (Å²) in [5.41, 5.74) is -0.797. The highest BCUT2D eigenvalue weighted by molar-refractivity contribution is 9.11. The van der Waals surface area contributed by atoms with Crippen LogP contribution in [0, 0.1) is 0 Å². The highest BCUT2D eigenvalue weighted by Gasteiger charge is 2.34. The van der Waals surface area contributed by atoms with Gasteiger partial charge in [0.2, 0.25) is 0 Å². The fraction of sp³-hybridized carbons (Fsp3) is 0.167. The van der Waals surface area contributed by atoms with Gasteiger partial charge in [-0.1, -0.05) is 0 Å². The van der Waals surface area contributed by atoms with Crippen molar-refractivity contribution in [3.8, 4) is 0 Å². The van der Waals surface area contributed by atoms with Gasteiger partial charge in [0, 0.05) is 0 Å². The fourth-order valence-corrected chi connectivity index (χ4v) is 2.25. The van der Waals surface area contributed by atoms with E-state index in [1.165, 1.54) is 0 Å². The second-order valence-corrected chi connectivity index (χ2v) is 4.35. The Bertz CT molecular complexity index is 304. The maximum absolute atomic E-state index is 12.1.